The van der Waals surface area contributed by atoms with Gasteiger partial charge >= 0.3 is 5.97 Å². The van der Waals surface area contributed by atoms with Crippen molar-refractivity contribution in [2.24, 2.45) is 0 Å². The van der Waals surface area contributed by atoms with Crippen molar-refractivity contribution >= 4 is 23.2 Å². The van der Waals surface area contributed by atoms with E-state index in [1.165, 1.54) is 11.3 Å². The first-order chi connectivity index (χ1) is 13.6. The molecular weight excluding hydrogens is 374 g/mol. The molecule has 0 spiro atoms. The van der Waals surface area contributed by atoms with Crippen LogP contribution in [0.4, 0.5) is 0 Å². The number of thiophene rings is 1. The summed E-state index contributed by atoms with van der Waals surface area (Å²) < 4.78 is 10.9. The van der Waals surface area contributed by atoms with Gasteiger partial charge < -0.3 is 14.8 Å². The molecule has 2 aromatic carbocycles. The zero-order valence-electron chi connectivity index (χ0n) is 15.4. The molecule has 0 saturated carbocycles. The molecule has 2 heterocycles. The minimum Gasteiger partial charge on any atom is -0.488 e. The topological polar surface area (TPSA) is 64.6 Å². The van der Waals surface area contributed by atoms with E-state index in [1.54, 1.807) is 6.07 Å². The van der Waals surface area contributed by atoms with Gasteiger partial charge in [0.2, 0.25) is 0 Å². The Labute approximate surface area is 166 Å². The smallest absolute Gasteiger partial charge is 0.348 e. The number of fused-ring (bicyclic) bond motifs is 3. The summed E-state index contributed by atoms with van der Waals surface area (Å²) in [5, 5.41) is 2.75. The maximum atomic E-state index is 12.4. The van der Waals surface area contributed by atoms with E-state index >= 15 is 0 Å². The number of esters is 1. The number of ether oxygens (including phenoxy) is 2. The van der Waals surface area contributed by atoms with Crippen LogP contribution >= 0.6 is 11.3 Å². The highest BCUT2D eigenvalue weighted by molar-refractivity contribution is 7.17. The Balaban J connectivity index is 1.34. The Bertz CT molecular complexity index is 1020. The zero-order chi connectivity index (χ0) is 19.5. The molecule has 3 aromatic rings. The second-order valence-electron chi connectivity index (χ2n) is 6.59. The van der Waals surface area contributed by atoms with Crippen molar-refractivity contribution in [2.75, 3.05) is 6.61 Å². The minimum atomic E-state index is -0.498. The number of nitrogens with one attached hydrogen (secondary N) is 1. The third-order valence-electron chi connectivity index (χ3n) is 4.47. The number of carbonyl (C=O) groups is 2. The molecule has 0 radical (unpaired) electrons. The molecule has 4 rings (SSSR count). The fourth-order valence-electron chi connectivity index (χ4n) is 2.96. The molecule has 0 fully saturated rings. The van der Waals surface area contributed by atoms with Crippen LogP contribution < -0.4 is 10.1 Å². The van der Waals surface area contributed by atoms with E-state index in [9.17, 15) is 9.59 Å². The normalized spacial score (nSPS) is 11.8. The Kier molecular flexibility index (Phi) is 5.12. The Morgan fingerprint density at radius 3 is 2.75 bits per heavy atom. The van der Waals surface area contributed by atoms with Gasteiger partial charge in [0.15, 0.2) is 6.61 Å². The summed E-state index contributed by atoms with van der Waals surface area (Å²) in [6.45, 7) is 2.53. The highest BCUT2D eigenvalue weighted by Gasteiger charge is 2.23. The van der Waals surface area contributed by atoms with Crippen LogP contribution in [0.1, 0.15) is 26.4 Å². The standard InChI is InChI=1S/C22H19NO4S/c1-14-6-8-15(9-7-14)11-23-20(24)13-27-22(25)19-10-16-12-26-18-5-3-2-4-17(18)21(16)28-19/h2-10H,11-13H2,1H3,(H,23,24). The number of carbonyl (C=O) groups excluding carboxylic acids is 2. The molecule has 1 aromatic heterocycles. The molecule has 1 aliphatic heterocycles. The van der Waals surface area contributed by atoms with Crippen molar-refractivity contribution in [2.45, 2.75) is 20.1 Å². The Morgan fingerprint density at radius 1 is 1.14 bits per heavy atom. The fourth-order valence-corrected chi connectivity index (χ4v) is 4.05. The molecule has 1 amide bonds. The molecule has 142 valence electrons. The highest BCUT2D eigenvalue weighted by atomic mass is 32.1. The van der Waals surface area contributed by atoms with Crippen LogP contribution in [-0.2, 0) is 22.7 Å². The van der Waals surface area contributed by atoms with Crippen molar-refractivity contribution in [3.05, 3.63) is 76.2 Å². The van der Waals surface area contributed by atoms with E-state index in [0.29, 0.717) is 18.0 Å². The van der Waals surface area contributed by atoms with Crippen LogP contribution in [-0.4, -0.2) is 18.5 Å². The molecular formula is C22H19NO4S. The van der Waals surface area contributed by atoms with E-state index in [-0.39, 0.29) is 12.5 Å². The summed E-state index contributed by atoms with van der Waals surface area (Å²) >= 11 is 1.36. The van der Waals surface area contributed by atoms with Crippen LogP contribution in [0.15, 0.2) is 54.6 Å². The van der Waals surface area contributed by atoms with Crippen LogP contribution in [0.3, 0.4) is 0 Å². The first kappa shape index (κ1) is 18.3. The van der Waals surface area contributed by atoms with Gasteiger partial charge in [-0.1, -0.05) is 42.0 Å². The third kappa shape index (κ3) is 3.92. The summed E-state index contributed by atoms with van der Waals surface area (Å²) in [6.07, 6.45) is 0. The van der Waals surface area contributed by atoms with Gasteiger partial charge in [-0.3, -0.25) is 4.79 Å². The molecule has 0 saturated heterocycles. The summed E-state index contributed by atoms with van der Waals surface area (Å²) in [5.74, 6) is -0.0152. The SMILES string of the molecule is Cc1ccc(CNC(=O)COC(=O)c2cc3c(s2)-c2ccccc2OC3)cc1. The summed E-state index contributed by atoms with van der Waals surface area (Å²) in [7, 11) is 0. The molecule has 0 unspecified atom stereocenters. The lowest BCUT2D eigenvalue weighted by Crippen LogP contribution is -2.28. The number of rotatable bonds is 5. The van der Waals surface area contributed by atoms with Crippen molar-refractivity contribution in [3.63, 3.8) is 0 Å². The van der Waals surface area contributed by atoms with Crippen LogP contribution in [0.25, 0.3) is 10.4 Å². The number of aryl methyl sites for hydroxylation is 1. The first-order valence-electron chi connectivity index (χ1n) is 8.94. The molecule has 28 heavy (non-hydrogen) atoms. The number of benzene rings is 2. The molecule has 1 aliphatic rings. The van der Waals surface area contributed by atoms with Gasteiger partial charge in [0.1, 0.15) is 17.2 Å². The lowest BCUT2D eigenvalue weighted by Gasteiger charge is -2.16. The van der Waals surface area contributed by atoms with Crippen LogP contribution in [0.2, 0.25) is 0 Å². The molecule has 1 N–H and O–H groups in total. The van der Waals surface area contributed by atoms with Gasteiger partial charge in [-0.25, -0.2) is 4.79 Å². The maximum absolute atomic E-state index is 12.4. The van der Waals surface area contributed by atoms with Gasteiger partial charge in [-0.2, -0.15) is 0 Å². The second kappa shape index (κ2) is 7.86. The van der Waals surface area contributed by atoms with Gasteiger partial charge in [0.05, 0.1) is 0 Å². The highest BCUT2D eigenvalue weighted by Crippen LogP contribution is 2.42. The molecule has 5 nitrogen and oxygen atoms in total. The minimum absolute atomic E-state index is 0.305. The van der Waals surface area contributed by atoms with Gasteiger partial charge in [-0.05, 0) is 30.7 Å². The van der Waals surface area contributed by atoms with E-state index in [2.05, 4.69) is 5.32 Å². The average molecular weight is 393 g/mol. The first-order valence-corrected chi connectivity index (χ1v) is 9.76. The monoisotopic (exact) mass is 393 g/mol. The van der Waals surface area contributed by atoms with Crippen molar-refractivity contribution in [1.29, 1.82) is 0 Å². The van der Waals surface area contributed by atoms with Crippen LogP contribution in [0, 0.1) is 6.92 Å². The molecule has 0 bridgehead atoms. The third-order valence-corrected chi connectivity index (χ3v) is 5.66. The van der Waals surface area contributed by atoms with Gasteiger partial charge in [-0.15, -0.1) is 11.3 Å². The van der Waals surface area contributed by atoms with Gasteiger partial charge in [0, 0.05) is 22.5 Å². The predicted octanol–water partition coefficient (Wildman–Crippen LogP) is 4.09. The number of hydrogen-bond donors (Lipinski definition) is 1. The summed E-state index contributed by atoms with van der Waals surface area (Å²) in [6, 6.07) is 17.4. The quantitative estimate of drug-likeness (QED) is 0.663. The maximum Gasteiger partial charge on any atom is 0.348 e. The van der Waals surface area contributed by atoms with E-state index < -0.39 is 5.97 Å². The van der Waals surface area contributed by atoms with Crippen molar-refractivity contribution in [3.8, 4) is 16.2 Å². The van der Waals surface area contributed by atoms with E-state index in [4.69, 9.17) is 9.47 Å². The lowest BCUT2D eigenvalue weighted by molar-refractivity contribution is -0.124. The van der Waals surface area contributed by atoms with Crippen LogP contribution in [0.5, 0.6) is 5.75 Å². The summed E-state index contributed by atoms with van der Waals surface area (Å²) in [4.78, 5) is 25.8. The summed E-state index contributed by atoms with van der Waals surface area (Å²) in [5.41, 5.74) is 4.09. The second-order valence-corrected chi connectivity index (χ2v) is 7.64. The van der Waals surface area contributed by atoms with Crippen molar-refractivity contribution < 1.29 is 19.1 Å². The largest absolute Gasteiger partial charge is 0.488 e. The fraction of sp³-hybridized carbons (Fsp3) is 0.182. The van der Waals surface area contributed by atoms with Crippen molar-refractivity contribution in [1.82, 2.24) is 5.32 Å². The van der Waals surface area contributed by atoms with E-state index in [1.807, 2.05) is 55.5 Å². The Morgan fingerprint density at radius 2 is 1.93 bits per heavy atom. The lowest BCUT2D eigenvalue weighted by atomic mass is 10.1. The molecule has 0 aliphatic carbocycles. The average Bonchev–Trinajstić information content (AvgIpc) is 3.16. The predicted molar refractivity (Wildman–Crippen MR) is 107 cm³/mol. The van der Waals surface area contributed by atoms with Gasteiger partial charge in [0.25, 0.3) is 5.91 Å². The molecule has 0 atom stereocenters. The molecule has 6 heteroatoms. The van der Waals surface area contributed by atoms with E-state index in [0.717, 1.165) is 32.9 Å². The number of amides is 1. The Hall–Kier alpha value is -3.12. The number of hydrogen-bond acceptors (Lipinski definition) is 5. The number of para-hydroxylation sites is 1. The zero-order valence-corrected chi connectivity index (χ0v) is 16.2.